The molecule has 5 nitrogen and oxygen atoms in total. The molecule has 1 aromatic heterocycles. The molecule has 0 amide bonds. The lowest BCUT2D eigenvalue weighted by molar-refractivity contribution is 0.0689. The van der Waals surface area contributed by atoms with Crippen molar-refractivity contribution < 1.29 is 14.6 Å². The van der Waals surface area contributed by atoms with E-state index in [1.165, 1.54) is 0 Å². The summed E-state index contributed by atoms with van der Waals surface area (Å²) in [6.45, 7) is 5.80. The fraction of sp³-hybridized carbons (Fsp3) is 0.333. The van der Waals surface area contributed by atoms with Crippen LogP contribution in [0.3, 0.4) is 0 Å². The number of hydrogen-bond acceptors (Lipinski definition) is 3. The van der Waals surface area contributed by atoms with Crippen LogP contribution in [0.15, 0.2) is 30.5 Å². The highest BCUT2D eigenvalue weighted by molar-refractivity contribution is 5.86. The third-order valence-electron chi connectivity index (χ3n) is 3.09. The van der Waals surface area contributed by atoms with Crippen LogP contribution in [0.1, 0.15) is 36.3 Å². The summed E-state index contributed by atoms with van der Waals surface area (Å²) in [5.74, 6) is -0.268. The van der Waals surface area contributed by atoms with Crippen molar-refractivity contribution in [2.45, 2.75) is 33.3 Å². The van der Waals surface area contributed by atoms with Crippen LogP contribution >= 0.6 is 0 Å². The van der Waals surface area contributed by atoms with Crippen LogP contribution in [0, 0.1) is 6.92 Å². The first-order chi connectivity index (χ1) is 9.51. The van der Waals surface area contributed by atoms with E-state index in [-0.39, 0.29) is 11.8 Å². The molecule has 0 fully saturated rings. The van der Waals surface area contributed by atoms with Gasteiger partial charge in [-0.2, -0.15) is 5.10 Å². The van der Waals surface area contributed by atoms with Gasteiger partial charge in [0.2, 0.25) is 0 Å². The molecule has 1 aromatic carbocycles. The van der Waals surface area contributed by atoms with Crippen LogP contribution in [-0.2, 0) is 0 Å². The van der Waals surface area contributed by atoms with Gasteiger partial charge in [-0.3, -0.25) is 0 Å². The summed E-state index contributed by atoms with van der Waals surface area (Å²) in [4.78, 5) is 11.0. The minimum Gasteiger partial charge on any atom is -0.491 e. The van der Waals surface area contributed by atoms with Crippen molar-refractivity contribution in [3.05, 3.63) is 41.7 Å². The Kier molecular flexibility index (Phi) is 4.08. The van der Waals surface area contributed by atoms with Crippen molar-refractivity contribution in [2.24, 2.45) is 0 Å². The molecule has 0 saturated carbocycles. The molecule has 0 aliphatic carbocycles. The highest BCUT2D eigenvalue weighted by Gasteiger charge is 2.13. The van der Waals surface area contributed by atoms with Gasteiger partial charge in [-0.15, -0.1) is 0 Å². The molecule has 106 valence electrons. The second kappa shape index (κ2) is 5.77. The van der Waals surface area contributed by atoms with Gasteiger partial charge in [0, 0.05) is 17.8 Å². The maximum atomic E-state index is 11.0. The van der Waals surface area contributed by atoms with Gasteiger partial charge >= 0.3 is 5.97 Å². The highest BCUT2D eigenvalue weighted by atomic mass is 16.5. The van der Waals surface area contributed by atoms with Crippen molar-refractivity contribution in [3.63, 3.8) is 0 Å². The van der Waals surface area contributed by atoms with Crippen molar-refractivity contribution in [3.8, 4) is 11.4 Å². The Hall–Kier alpha value is -2.30. The zero-order chi connectivity index (χ0) is 14.7. The predicted octanol–water partition coefficient (Wildman–Crippen LogP) is 3.06. The molecule has 5 heteroatoms. The first-order valence-electron chi connectivity index (χ1n) is 6.58. The van der Waals surface area contributed by atoms with E-state index in [1.54, 1.807) is 17.8 Å². The summed E-state index contributed by atoms with van der Waals surface area (Å²) in [6, 6.07) is 7.46. The highest BCUT2D eigenvalue weighted by Crippen LogP contribution is 2.19. The number of aryl methyl sites for hydroxylation is 1. The smallest absolute Gasteiger partial charge is 0.356 e. The second-order valence-electron chi connectivity index (χ2n) is 4.74. The van der Waals surface area contributed by atoms with Gasteiger partial charge in [-0.1, -0.05) is 13.0 Å². The standard InChI is InChI=1S/C15H18N2O3/c1-4-11(3)20-13-7-5-6-12(8-13)17-9-10(2)14(16-17)15(18)19/h5-9,11H,4H2,1-3H3,(H,18,19). The van der Waals surface area contributed by atoms with E-state index in [9.17, 15) is 4.79 Å². The number of ether oxygens (including phenoxy) is 1. The van der Waals surface area contributed by atoms with E-state index in [0.717, 1.165) is 17.9 Å². The van der Waals surface area contributed by atoms with Crippen LogP contribution in [-0.4, -0.2) is 27.0 Å². The first kappa shape index (κ1) is 14.1. The van der Waals surface area contributed by atoms with Gasteiger partial charge in [-0.05, 0) is 32.4 Å². The number of hydrogen-bond donors (Lipinski definition) is 1. The van der Waals surface area contributed by atoms with Gasteiger partial charge in [0.25, 0.3) is 0 Å². The van der Waals surface area contributed by atoms with Crippen molar-refractivity contribution in [1.82, 2.24) is 9.78 Å². The summed E-state index contributed by atoms with van der Waals surface area (Å²) in [7, 11) is 0. The van der Waals surface area contributed by atoms with Crippen molar-refractivity contribution in [1.29, 1.82) is 0 Å². The van der Waals surface area contributed by atoms with Gasteiger partial charge in [0.15, 0.2) is 5.69 Å². The largest absolute Gasteiger partial charge is 0.491 e. The summed E-state index contributed by atoms with van der Waals surface area (Å²) >= 11 is 0. The molecule has 0 aliphatic rings. The fourth-order valence-corrected chi connectivity index (χ4v) is 1.82. The molecule has 2 aromatic rings. The Balaban J connectivity index is 2.31. The fourth-order valence-electron chi connectivity index (χ4n) is 1.82. The van der Waals surface area contributed by atoms with Crippen LogP contribution in [0.4, 0.5) is 0 Å². The van der Waals surface area contributed by atoms with E-state index in [2.05, 4.69) is 12.0 Å². The normalized spacial score (nSPS) is 12.2. The third-order valence-corrected chi connectivity index (χ3v) is 3.09. The maximum Gasteiger partial charge on any atom is 0.356 e. The third kappa shape index (κ3) is 2.99. The number of carboxylic acid groups (broad SMARTS) is 1. The number of carboxylic acids is 1. The molecular formula is C15H18N2O3. The van der Waals surface area contributed by atoms with Crippen LogP contribution in [0.5, 0.6) is 5.75 Å². The van der Waals surface area contributed by atoms with Crippen molar-refractivity contribution in [2.75, 3.05) is 0 Å². The lowest BCUT2D eigenvalue weighted by Gasteiger charge is -2.13. The second-order valence-corrected chi connectivity index (χ2v) is 4.74. The van der Waals surface area contributed by atoms with E-state index >= 15 is 0 Å². The number of carbonyl (C=O) groups is 1. The van der Waals surface area contributed by atoms with Gasteiger partial charge in [-0.25, -0.2) is 9.48 Å². The molecule has 1 N–H and O–H groups in total. The average molecular weight is 274 g/mol. The Bertz CT molecular complexity index is 619. The van der Waals surface area contributed by atoms with E-state index < -0.39 is 5.97 Å². The predicted molar refractivity (Wildman–Crippen MR) is 75.6 cm³/mol. The molecule has 1 heterocycles. The molecule has 1 unspecified atom stereocenters. The number of nitrogens with zero attached hydrogens (tertiary/aromatic N) is 2. The Morgan fingerprint density at radius 1 is 1.50 bits per heavy atom. The molecule has 0 bridgehead atoms. The summed E-state index contributed by atoms with van der Waals surface area (Å²) in [6.07, 6.45) is 2.76. The van der Waals surface area contributed by atoms with Crippen LogP contribution in [0.2, 0.25) is 0 Å². The monoisotopic (exact) mass is 274 g/mol. The molecule has 0 radical (unpaired) electrons. The number of rotatable bonds is 5. The zero-order valence-electron chi connectivity index (χ0n) is 11.8. The van der Waals surface area contributed by atoms with Gasteiger partial charge in [0.1, 0.15) is 5.75 Å². The van der Waals surface area contributed by atoms with Gasteiger partial charge < -0.3 is 9.84 Å². The number of benzene rings is 1. The molecule has 0 spiro atoms. The van der Waals surface area contributed by atoms with E-state index in [1.807, 2.05) is 31.2 Å². The lowest BCUT2D eigenvalue weighted by Crippen LogP contribution is -2.10. The molecular weight excluding hydrogens is 256 g/mol. The minimum absolute atomic E-state index is 0.0678. The minimum atomic E-state index is -1.02. The first-order valence-corrected chi connectivity index (χ1v) is 6.58. The summed E-state index contributed by atoms with van der Waals surface area (Å²) in [5, 5.41) is 13.1. The molecule has 0 saturated heterocycles. The molecule has 1 atom stereocenters. The summed E-state index contributed by atoms with van der Waals surface area (Å²) < 4.78 is 7.31. The number of aromatic nitrogens is 2. The Morgan fingerprint density at radius 2 is 2.25 bits per heavy atom. The average Bonchev–Trinajstić information content (AvgIpc) is 2.81. The quantitative estimate of drug-likeness (QED) is 0.910. The SMILES string of the molecule is CCC(C)Oc1cccc(-n2cc(C)c(C(=O)O)n2)c1. The Morgan fingerprint density at radius 3 is 2.85 bits per heavy atom. The topological polar surface area (TPSA) is 64.3 Å². The Labute approximate surface area is 117 Å². The lowest BCUT2D eigenvalue weighted by atomic mass is 10.2. The van der Waals surface area contributed by atoms with Crippen LogP contribution in [0.25, 0.3) is 5.69 Å². The van der Waals surface area contributed by atoms with E-state index in [0.29, 0.717) is 5.56 Å². The maximum absolute atomic E-state index is 11.0. The molecule has 2 rings (SSSR count). The summed E-state index contributed by atoms with van der Waals surface area (Å²) in [5.41, 5.74) is 1.48. The van der Waals surface area contributed by atoms with E-state index in [4.69, 9.17) is 9.84 Å². The number of aromatic carboxylic acids is 1. The van der Waals surface area contributed by atoms with Crippen molar-refractivity contribution >= 4 is 5.97 Å². The molecule has 20 heavy (non-hydrogen) atoms. The molecule has 0 aliphatic heterocycles. The van der Waals surface area contributed by atoms with Gasteiger partial charge in [0.05, 0.1) is 11.8 Å². The van der Waals surface area contributed by atoms with Crippen LogP contribution < -0.4 is 4.74 Å². The zero-order valence-corrected chi connectivity index (χ0v) is 11.8.